The van der Waals surface area contributed by atoms with E-state index in [9.17, 15) is 0 Å². The lowest BCUT2D eigenvalue weighted by Gasteiger charge is -1.87. The second-order valence-corrected chi connectivity index (χ2v) is 4.70. The second-order valence-electron chi connectivity index (χ2n) is 3.59. The number of furan rings is 1. The molecule has 0 unspecified atom stereocenters. The maximum atomic E-state index is 5.68. The van der Waals surface area contributed by atoms with E-state index in [1.165, 1.54) is 0 Å². The number of fused-ring (bicyclic) bond motifs is 1. The van der Waals surface area contributed by atoms with Gasteiger partial charge >= 0.3 is 0 Å². The topological polar surface area (TPSA) is 25.5 Å². The number of nitrogens with zero attached hydrogens (tertiary/aromatic N) is 1. The SMILES string of the molecule is C(=C/c1cc2ccccc2o1)/C1=NCCS1. The highest BCUT2D eigenvalue weighted by Gasteiger charge is 2.03. The van der Waals surface area contributed by atoms with E-state index in [2.05, 4.69) is 11.1 Å². The van der Waals surface area contributed by atoms with Crippen LogP contribution in [0, 0.1) is 0 Å². The maximum Gasteiger partial charge on any atom is 0.134 e. The zero-order chi connectivity index (χ0) is 10.8. The fourth-order valence-corrected chi connectivity index (χ4v) is 2.43. The summed E-state index contributed by atoms with van der Waals surface area (Å²) in [4.78, 5) is 4.36. The highest BCUT2D eigenvalue weighted by atomic mass is 32.2. The van der Waals surface area contributed by atoms with Gasteiger partial charge in [-0.25, -0.2) is 0 Å². The van der Waals surface area contributed by atoms with Gasteiger partial charge in [0.15, 0.2) is 0 Å². The van der Waals surface area contributed by atoms with Crippen LogP contribution in [0.2, 0.25) is 0 Å². The van der Waals surface area contributed by atoms with E-state index in [1.54, 1.807) is 11.8 Å². The quantitative estimate of drug-likeness (QED) is 0.786. The zero-order valence-corrected chi connectivity index (χ0v) is 9.54. The fraction of sp³-hybridized carbons (Fsp3) is 0.154. The summed E-state index contributed by atoms with van der Waals surface area (Å²) in [6.45, 7) is 0.935. The highest BCUT2D eigenvalue weighted by Crippen LogP contribution is 2.20. The molecule has 0 N–H and O–H groups in total. The third kappa shape index (κ3) is 1.91. The van der Waals surface area contributed by atoms with Gasteiger partial charge in [-0.15, -0.1) is 11.8 Å². The van der Waals surface area contributed by atoms with E-state index < -0.39 is 0 Å². The highest BCUT2D eigenvalue weighted by molar-refractivity contribution is 8.14. The molecule has 0 amide bonds. The van der Waals surface area contributed by atoms with Crippen molar-refractivity contribution in [1.82, 2.24) is 0 Å². The number of hydrogen-bond donors (Lipinski definition) is 0. The molecule has 3 heteroatoms. The van der Waals surface area contributed by atoms with Crippen molar-refractivity contribution in [1.29, 1.82) is 0 Å². The smallest absolute Gasteiger partial charge is 0.134 e. The first-order chi connectivity index (χ1) is 7.92. The first-order valence-corrected chi connectivity index (χ1v) is 6.24. The molecule has 0 fully saturated rings. The summed E-state index contributed by atoms with van der Waals surface area (Å²) in [5.74, 6) is 1.98. The van der Waals surface area contributed by atoms with Gasteiger partial charge in [0.1, 0.15) is 11.3 Å². The standard InChI is InChI=1S/C13H11NOS/c1-2-4-12-10(3-1)9-11(15-12)5-6-13-14-7-8-16-13/h1-6,9H,7-8H2/b6-5-. The molecule has 0 bridgehead atoms. The van der Waals surface area contributed by atoms with Crippen molar-refractivity contribution in [3.63, 3.8) is 0 Å². The number of benzene rings is 1. The Labute approximate surface area is 98.1 Å². The lowest BCUT2D eigenvalue weighted by molar-refractivity contribution is 0.604. The molecular formula is C13H11NOS. The van der Waals surface area contributed by atoms with Crippen LogP contribution in [0.5, 0.6) is 0 Å². The van der Waals surface area contributed by atoms with Crippen LogP contribution in [0.25, 0.3) is 17.0 Å². The predicted molar refractivity (Wildman–Crippen MR) is 70.0 cm³/mol. The third-order valence-electron chi connectivity index (χ3n) is 2.44. The Kier molecular flexibility index (Phi) is 2.54. The Balaban J connectivity index is 1.89. The molecule has 0 spiro atoms. The van der Waals surface area contributed by atoms with Crippen LogP contribution in [-0.2, 0) is 0 Å². The molecule has 0 aliphatic carbocycles. The van der Waals surface area contributed by atoms with Crippen molar-refractivity contribution >= 4 is 33.9 Å². The normalized spacial score (nSPS) is 16.1. The summed E-state index contributed by atoms with van der Waals surface area (Å²) in [6, 6.07) is 10.1. The second kappa shape index (κ2) is 4.18. The number of para-hydroxylation sites is 1. The largest absolute Gasteiger partial charge is 0.457 e. The molecule has 1 aliphatic heterocycles. The minimum absolute atomic E-state index is 0.886. The Morgan fingerprint density at radius 1 is 1.25 bits per heavy atom. The molecule has 0 saturated heterocycles. The summed E-state index contributed by atoms with van der Waals surface area (Å²) in [5.41, 5.74) is 0.933. The van der Waals surface area contributed by atoms with Crippen molar-refractivity contribution < 1.29 is 4.42 Å². The third-order valence-corrected chi connectivity index (χ3v) is 3.39. The maximum absolute atomic E-state index is 5.68. The van der Waals surface area contributed by atoms with E-state index in [-0.39, 0.29) is 0 Å². The van der Waals surface area contributed by atoms with Gasteiger partial charge in [0.25, 0.3) is 0 Å². The van der Waals surface area contributed by atoms with Gasteiger partial charge in [0.05, 0.1) is 5.04 Å². The van der Waals surface area contributed by atoms with Gasteiger partial charge in [-0.3, -0.25) is 4.99 Å². The first-order valence-electron chi connectivity index (χ1n) is 5.26. The summed E-state index contributed by atoms with van der Waals surface area (Å²) < 4.78 is 5.68. The minimum atomic E-state index is 0.886. The van der Waals surface area contributed by atoms with Gasteiger partial charge in [0, 0.05) is 17.7 Å². The number of thioether (sulfide) groups is 1. The van der Waals surface area contributed by atoms with Crippen molar-refractivity contribution in [2.24, 2.45) is 4.99 Å². The van der Waals surface area contributed by atoms with Crippen LogP contribution in [0.15, 0.2) is 45.8 Å². The Hall–Kier alpha value is -1.48. The molecule has 2 heterocycles. The van der Waals surface area contributed by atoms with Crippen molar-refractivity contribution in [2.45, 2.75) is 0 Å². The van der Waals surface area contributed by atoms with Gasteiger partial charge in [-0.1, -0.05) is 18.2 Å². The Bertz CT molecular complexity index is 535. The van der Waals surface area contributed by atoms with Gasteiger partial charge in [-0.2, -0.15) is 0 Å². The molecule has 2 aromatic rings. The molecule has 1 aliphatic rings. The van der Waals surface area contributed by atoms with Crippen LogP contribution >= 0.6 is 11.8 Å². The fourth-order valence-electron chi connectivity index (χ4n) is 1.69. The van der Waals surface area contributed by atoms with Crippen molar-refractivity contribution in [3.8, 4) is 0 Å². The molecular weight excluding hydrogens is 218 g/mol. The van der Waals surface area contributed by atoms with Crippen LogP contribution in [-0.4, -0.2) is 17.3 Å². The summed E-state index contributed by atoms with van der Waals surface area (Å²) in [6.07, 6.45) is 4.01. The Morgan fingerprint density at radius 2 is 2.19 bits per heavy atom. The minimum Gasteiger partial charge on any atom is -0.457 e. The summed E-state index contributed by atoms with van der Waals surface area (Å²) in [7, 11) is 0. The van der Waals surface area contributed by atoms with E-state index in [0.717, 1.165) is 34.1 Å². The lowest BCUT2D eigenvalue weighted by atomic mass is 10.2. The Morgan fingerprint density at radius 3 is 3.00 bits per heavy atom. The monoisotopic (exact) mass is 229 g/mol. The van der Waals surface area contributed by atoms with Crippen LogP contribution in [0.4, 0.5) is 0 Å². The summed E-state index contributed by atoms with van der Waals surface area (Å²) >= 11 is 1.79. The zero-order valence-electron chi connectivity index (χ0n) is 8.72. The lowest BCUT2D eigenvalue weighted by Crippen LogP contribution is -1.77. The molecule has 0 atom stereocenters. The average Bonchev–Trinajstić information content (AvgIpc) is 2.95. The van der Waals surface area contributed by atoms with Crippen LogP contribution in [0.1, 0.15) is 5.76 Å². The molecule has 1 aromatic heterocycles. The van der Waals surface area contributed by atoms with E-state index >= 15 is 0 Å². The number of rotatable bonds is 2. The number of hydrogen-bond acceptors (Lipinski definition) is 3. The van der Waals surface area contributed by atoms with Crippen LogP contribution in [0.3, 0.4) is 0 Å². The van der Waals surface area contributed by atoms with Gasteiger partial charge in [-0.05, 0) is 24.3 Å². The van der Waals surface area contributed by atoms with Gasteiger partial charge < -0.3 is 4.42 Å². The predicted octanol–water partition coefficient (Wildman–Crippen LogP) is 3.59. The molecule has 0 saturated carbocycles. The van der Waals surface area contributed by atoms with Crippen molar-refractivity contribution in [3.05, 3.63) is 42.2 Å². The molecule has 2 nitrogen and oxygen atoms in total. The molecule has 0 radical (unpaired) electrons. The van der Waals surface area contributed by atoms with Crippen LogP contribution < -0.4 is 0 Å². The molecule has 80 valence electrons. The molecule has 16 heavy (non-hydrogen) atoms. The number of aliphatic imine (C=N–C) groups is 1. The van der Waals surface area contributed by atoms with E-state index in [0.29, 0.717) is 0 Å². The van der Waals surface area contributed by atoms with E-state index in [1.807, 2.05) is 36.4 Å². The van der Waals surface area contributed by atoms with Crippen molar-refractivity contribution in [2.75, 3.05) is 12.3 Å². The average molecular weight is 229 g/mol. The summed E-state index contributed by atoms with van der Waals surface area (Å²) in [5, 5.41) is 2.24. The van der Waals surface area contributed by atoms with Gasteiger partial charge in [0.2, 0.25) is 0 Å². The molecule has 1 aromatic carbocycles. The molecule has 3 rings (SSSR count). The first kappa shape index (κ1) is 9.73. The van der Waals surface area contributed by atoms with E-state index in [4.69, 9.17) is 4.42 Å².